The zero-order chi connectivity index (χ0) is 28.1. The van der Waals surface area contributed by atoms with E-state index >= 15 is 0 Å². The first-order valence-corrected chi connectivity index (χ1v) is 12.5. The van der Waals surface area contributed by atoms with E-state index in [4.69, 9.17) is 14.2 Å². The predicted molar refractivity (Wildman–Crippen MR) is 143 cm³/mol. The minimum absolute atomic E-state index is 0.0926. The largest absolute Gasteiger partial charge is 0.493 e. The highest BCUT2D eigenvalue weighted by atomic mass is 16.5. The Bertz CT molecular complexity index is 1370. The number of carbonyl (C=O) groups excluding carboxylic acids is 4. The van der Waals surface area contributed by atoms with E-state index in [0.717, 1.165) is 16.5 Å². The summed E-state index contributed by atoms with van der Waals surface area (Å²) in [6, 6.07) is 10.3. The minimum Gasteiger partial charge on any atom is -0.493 e. The van der Waals surface area contributed by atoms with Crippen LogP contribution in [0.1, 0.15) is 18.1 Å². The molecule has 2 heterocycles. The first-order valence-electron chi connectivity index (χ1n) is 12.5. The van der Waals surface area contributed by atoms with Crippen molar-refractivity contribution in [1.82, 2.24) is 20.5 Å². The van der Waals surface area contributed by atoms with Gasteiger partial charge in [0.1, 0.15) is 18.5 Å². The highest BCUT2D eigenvalue weighted by molar-refractivity contribution is 6.05. The van der Waals surface area contributed by atoms with Gasteiger partial charge in [0.05, 0.1) is 27.9 Å². The number of ketones is 1. The van der Waals surface area contributed by atoms with Crippen LogP contribution in [0, 0.1) is 5.92 Å². The Morgan fingerprint density at radius 1 is 1.08 bits per heavy atom. The lowest BCUT2D eigenvalue weighted by atomic mass is 9.93. The number of carbonyl (C=O) groups is 4. The number of Topliss-reactive ketones (excluding diaryl/α,β-unsaturated/α-hetero) is 1. The molecule has 206 valence electrons. The van der Waals surface area contributed by atoms with Crippen LogP contribution in [0.3, 0.4) is 0 Å². The van der Waals surface area contributed by atoms with Crippen LogP contribution in [0.25, 0.3) is 10.9 Å². The van der Waals surface area contributed by atoms with Crippen LogP contribution < -0.4 is 24.8 Å². The van der Waals surface area contributed by atoms with Crippen LogP contribution >= 0.6 is 0 Å². The molecule has 1 aliphatic heterocycles. The number of H-pyrrole nitrogens is 1. The van der Waals surface area contributed by atoms with Crippen LogP contribution in [0.2, 0.25) is 0 Å². The molecular weight excluding hydrogens is 504 g/mol. The summed E-state index contributed by atoms with van der Waals surface area (Å²) < 4.78 is 16.1. The fraction of sp³-hybridized carbons (Fsp3) is 0.357. The SMILES string of the molecule is COc1cc(CNC(=O)C(Cc2c[nH]c3ccccc23)C(=O)CN2CC(=O)NC(C)C2=O)cc(OC)c1OC. The van der Waals surface area contributed by atoms with Crippen molar-refractivity contribution in [3.05, 3.63) is 53.7 Å². The van der Waals surface area contributed by atoms with E-state index in [0.29, 0.717) is 22.8 Å². The molecule has 3 amide bonds. The molecule has 2 unspecified atom stereocenters. The smallest absolute Gasteiger partial charge is 0.245 e. The molecule has 1 aromatic heterocycles. The van der Waals surface area contributed by atoms with Gasteiger partial charge >= 0.3 is 0 Å². The predicted octanol–water partition coefficient (Wildman–Crippen LogP) is 1.58. The Morgan fingerprint density at radius 3 is 2.44 bits per heavy atom. The molecule has 3 aromatic rings. The summed E-state index contributed by atoms with van der Waals surface area (Å²) >= 11 is 0. The zero-order valence-corrected chi connectivity index (χ0v) is 22.3. The normalized spacial score (nSPS) is 16.0. The number of amides is 3. The van der Waals surface area contributed by atoms with Crippen LogP contribution in [-0.2, 0) is 32.1 Å². The van der Waals surface area contributed by atoms with Crippen molar-refractivity contribution < 1.29 is 33.4 Å². The van der Waals surface area contributed by atoms with Gasteiger partial charge in [0, 0.05) is 23.6 Å². The van der Waals surface area contributed by atoms with E-state index < -0.39 is 23.7 Å². The number of para-hydroxylation sites is 1. The maximum absolute atomic E-state index is 13.5. The fourth-order valence-corrected chi connectivity index (χ4v) is 4.73. The second kappa shape index (κ2) is 11.9. The maximum Gasteiger partial charge on any atom is 0.245 e. The highest BCUT2D eigenvalue weighted by Crippen LogP contribution is 2.38. The Morgan fingerprint density at radius 2 is 1.77 bits per heavy atom. The van der Waals surface area contributed by atoms with Gasteiger partial charge in [0.15, 0.2) is 17.3 Å². The maximum atomic E-state index is 13.5. The van der Waals surface area contributed by atoms with Crippen molar-refractivity contribution in [2.75, 3.05) is 34.4 Å². The molecule has 2 atom stereocenters. The number of ether oxygens (including phenoxy) is 3. The highest BCUT2D eigenvalue weighted by Gasteiger charge is 2.35. The third-order valence-electron chi connectivity index (χ3n) is 6.74. The summed E-state index contributed by atoms with van der Waals surface area (Å²) in [6.07, 6.45) is 1.90. The van der Waals surface area contributed by atoms with Gasteiger partial charge in [-0.25, -0.2) is 0 Å². The number of aromatic amines is 1. The molecule has 4 rings (SSSR count). The lowest BCUT2D eigenvalue weighted by molar-refractivity contribution is -0.147. The van der Waals surface area contributed by atoms with E-state index in [1.54, 1.807) is 25.3 Å². The number of benzene rings is 2. The number of methoxy groups -OCH3 is 3. The molecule has 0 radical (unpaired) electrons. The first kappa shape index (κ1) is 27.5. The Labute approximate surface area is 225 Å². The Hall–Kier alpha value is -4.54. The van der Waals surface area contributed by atoms with Gasteiger partial charge in [-0.15, -0.1) is 0 Å². The number of nitrogens with zero attached hydrogens (tertiary/aromatic N) is 1. The minimum atomic E-state index is -1.10. The van der Waals surface area contributed by atoms with Crippen LogP contribution in [0.4, 0.5) is 0 Å². The lowest BCUT2D eigenvalue weighted by Crippen LogP contribution is -2.58. The number of piperazine rings is 1. The number of nitrogens with one attached hydrogen (secondary N) is 3. The van der Waals surface area contributed by atoms with Crippen molar-refractivity contribution in [3.8, 4) is 17.2 Å². The number of rotatable bonds is 11. The third kappa shape index (κ3) is 5.97. The molecule has 3 N–H and O–H groups in total. The number of hydrogen-bond donors (Lipinski definition) is 3. The fourth-order valence-electron chi connectivity index (χ4n) is 4.73. The molecule has 11 nitrogen and oxygen atoms in total. The average Bonchev–Trinajstić information content (AvgIpc) is 3.35. The van der Waals surface area contributed by atoms with Crippen molar-refractivity contribution >= 4 is 34.4 Å². The monoisotopic (exact) mass is 536 g/mol. The topological polar surface area (TPSA) is 139 Å². The summed E-state index contributed by atoms with van der Waals surface area (Å²) in [5, 5.41) is 6.29. The van der Waals surface area contributed by atoms with Crippen LogP contribution in [-0.4, -0.2) is 73.8 Å². The van der Waals surface area contributed by atoms with E-state index in [1.165, 1.54) is 26.2 Å². The number of fused-ring (bicyclic) bond motifs is 1. The van der Waals surface area contributed by atoms with Gasteiger partial charge in [-0.05, 0) is 42.7 Å². The Kier molecular flexibility index (Phi) is 8.38. The van der Waals surface area contributed by atoms with Crippen molar-refractivity contribution in [1.29, 1.82) is 0 Å². The molecule has 1 fully saturated rings. The number of hydrogen-bond acceptors (Lipinski definition) is 7. The molecule has 0 spiro atoms. The van der Waals surface area contributed by atoms with Crippen molar-refractivity contribution in [2.45, 2.75) is 25.9 Å². The Balaban J connectivity index is 1.57. The van der Waals surface area contributed by atoms with Gasteiger partial charge in [0.2, 0.25) is 23.5 Å². The van der Waals surface area contributed by atoms with E-state index in [2.05, 4.69) is 15.6 Å². The molecule has 0 saturated carbocycles. The summed E-state index contributed by atoms with van der Waals surface area (Å²) in [6.45, 7) is 1.07. The molecule has 2 aromatic carbocycles. The standard InChI is InChI=1S/C28H32N4O7/c1-16-28(36)32(15-25(34)31-16)14-22(33)20(11-18-13-29-21-8-6-5-7-19(18)21)27(35)30-12-17-9-23(37-2)26(39-4)24(10-17)38-3/h5-10,13,16,20,29H,11-12,14-15H2,1-4H3,(H,30,35)(H,31,34). The summed E-state index contributed by atoms with van der Waals surface area (Å²) in [4.78, 5) is 56.0. The summed E-state index contributed by atoms with van der Waals surface area (Å²) in [5.74, 6) is -1.49. The van der Waals surface area contributed by atoms with E-state index in [1.807, 2.05) is 24.3 Å². The summed E-state index contributed by atoms with van der Waals surface area (Å²) in [5.41, 5.74) is 2.35. The molecule has 0 aliphatic carbocycles. The molecule has 39 heavy (non-hydrogen) atoms. The molecule has 1 saturated heterocycles. The molecule has 11 heteroatoms. The van der Waals surface area contributed by atoms with Gasteiger partial charge in [0.25, 0.3) is 0 Å². The lowest BCUT2D eigenvalue weighted by Gasteiger charge is -2.31. The van der Waals surface area contributed by atoms with Crippen LogP contribution in [0.15, 0.2) is 42.6 Å². The number of aromatic nitrogens is 1. The molecular formula is C28H32N4O7. The second-order valence-electron chi connectivity index (χ2n) is 9.32. The van der Waals surface area contributed by atoms with Gasteiger partial charge in [-0.2, -0.15) is 0 Å². The molecule has 0 bridgehead atoms. The van der Waals surface area contributed by atoms with Crippen molar-refractivity contribution in [2.24, 2.45) is 5.92 Å². The van der Waals surface area contributed by atoms with E-state index in [9.17, 15) is 19.2 Å². The summed E-state index contributed by atoms with van der Waals surface area (Å²) in [7, 11) is 4.50. The average molecular weight is 537 g/mol. The van der Waals surface area contributed by atoms with Gasteiger partial charge in [-0.1, -0.05) is 18.2 Å². The third-order valence-corrected chi connectivity index (χ3v) is 6.74. The van der Waals surface area contributed by atoms with Gasteiger partial charge in [-0.3, -0.25) is 19.2 Å². The van der Waals surface area contributed by atoms with Gasteiger partial charge < -0.3 is 34.7 Å². The first-order chi connectivity index (χ1) is 18.7. The van der Waals surface area contributed by atoms with Crippen molar-refractivity contribution in [3.63, 3.8) is 0 Å². The van der Waals surface area contributed by atoms with Crippen LogP contribution in [0.5, 0.6) is 17.2 Å². The second-order valence-corrected chi connectivity index (χ2v) is 9.32. The molecule has 1 aliphatic rings. The zero-order valence-electron chi connectivity index (χ0n) is 22.3. The van der Waals surface area contributed by atoms with E-state index in [-0.39, 0.29) is 37.9 Å². The quantitative estimate of drug-likeness (QED) is 0.316.